The largest absolute Gasteiger partial charge is 0.393 e. The molecule has 4 nitrogen and oxygen atoms in total. The smallest absolute Gasteiger partial charge is 0.138 e. The van der Waals surface area contributed by atoms with Crippen LogP contribution in [0.3, 0.4) is 0 Å². The summed E-state index contributed by atoms with van der Waals surface area (Å²) in [6.07, 6.45) is 10.4. The first-order chi connectivity index (χ1) is 11.2. The summed E-state index contributed by atoms with van der Waals surface area (Å²) in [5, 5.41) is 14.6. The Balaban J connectivity index is 1.64. The van der Waals surface area contributed by atoms with E-state index in [0.717, 1.165) is 42.2 Å². The Morgan fingerprint density at radius 3 is 2.83 bits per heavy atom. The van der Waals surface area contributed by atoms with Gasteiger partial charge >= 0.3 is 0 Å². The van der Waals surface area contributed by atoms with Crippen molar-refractivity contribution in [2.75, 3.05) is 5.32 Å². The van der Waals surface area contributed by atoms with E-state index in [1.165, 1.54) is 41.5 Å². The van der Waals surface area contributed by atoms with Crippen molar-refractivity contribution in [3.63, 3.8) is 0 Å². The summed E-state index contributed by atoms with van der Waals surface area (Å²) in [6, 6.07) is 0.430. The molecule has 0 aromatic carbocycles. The molecule has 1 unspecified atom stereocenters. The Labute approximate surface area is 141 Å². The highest BCUT2D eigenvalue weighted by molar-refractivity contribution is 7.19. The number of hydrogen-bond donors (Lipinski definition) is 2. The Hall–Kier alpha value is -1.20. The van der Waals surface area contributed by atoms with Crippen molar-refractivity contribution < 1.29 is 5.11 Å². The van der Waals surface area contributed by atoms with Gasteiger partial charge in [0.1, 0.15) is 17.0 Å². The predicted molar refractivity (Wildman–Crippen MR) is 95.1 cm³/mol. The van der Waals surface area contributed by atoms with Crippen LogP contribution < -0.4 is 5.32 Å². The zero-order chi connectivity index (χ0) is 15.8. The van der Waals surface area contributed by atoms with Gasteiger partial charge in [-0.3, -0.25) is 0 Å². The first kappa shape index (κ1) is 15.3. The van der Waals surface area contributed by atoms with Crippen LogP contribution in [0.1, 0.15) is 55.9 Å². The highest BCUT2D eigenvalue weighted by atomic mass is 32.1. The number of aryl methyl sites for hydroxylation is 1. The number of aromatic nitrogens is 2. The molecule has 1 atom stereocenters. The average molecular weight is 331 g/mol. The number of anilines is 1. The van der Waals surface area contributed by atoms with Crippen molar-refractivity contribution in [1.29, 1.82) is 0 Å². The van der Waals surface area contributed by atoms with Crippen LogP contribution in [-0.2, 0) is 12.8 Å². The van der Waals surface area contributed by atoms with Crippen LogP contribution in [0.4, 0.5) is 5.82 Å². The quantitative estimate of drug-likeness (QED) is 0.895. The molecule has 0 aliphatic heterocycles. The maximum Gasteiger partial charge on any atom is 0.138 e. The van der Waals surface area contributed by atoms with Gasteiger partial charge in [0.25, 0.3) is 0 Å². The molecule has 0 bridgehead atoms. The lowest BCUT2D eigenvalue weighted by atomic mass is 9.86. The van der Waals surface area contributed by atoms with E-state index in [9.17, 15) is 5.11 Å². The minimum atomic E-state index is -0.113. The summed E-state index contributed by atoms with van der Waals surface area (Å²) in [4.78, 5) is 11.8. The highest BCUT2D eigenvalue weighted by Gasteiger charge is 2.26. The molecule has 2 aromatic heterocycles. The number of rotatable bonds is 3. The molecule has 2 aliphatic carbocycles. The molecule has 0 radical (unpaired) electrons. The van der Waals surface area contributed by atoms with E-state index in [4.69, 9.17) is 0 Å². The third kappa shape index (κ3) is 2.96. The molecule has 0 spiro atoms. The van der Waals surface area contributed by atoms with Gasteiger partial charge in [0.05, 0.1) is 11.5 Å². The second kappa shape index (κ2) is 6.36. The van der Waals surface area contributed by atoms with Gasteiger partial charge in [-0.1, -0.05) is 13.3 Å². The fraction of sp³-hybridized carbons (Fsp3) is 0.667. The van der Waals surface area contributed by atoms with E-state index in [1.54, 1.807) is 6.33 Å². The highest BCUT2D eigenvalue weighted by Crippen LogP contribution is 2.40. The summed E-state index contributed by atoms with van der Waals surface area (Å²) in [5.74, 6) is 1.85. The minimum absolute atomic E-state index is 0.113. The molecule has 2 aromatic rings. The monoisotopic (exact) mass is 331 g/mol. The summed E-state index contributed by atoms with van der Waals surface area (Å²) in [5.41, 5.74) is 1.49. The van der Waals surface area contributed by atoms with Gasteiger partial charge in [-0.05, 0) is 56.4 Å². The standard InChI is InChI=1S/C18H25N3OS/c1-2-11-3-8-14-15(9-11)23-18-16(14)17(19-10-20-18)21-12-4-6-13(22)7-5-12/h10-13,22H,2-9H2,1H3,(H,19,20,21). The number of nitrogens with one attached hydrogen (secondary N) is 1. The third-order valence-electron chi connectivity index (χ3n) is 5.56. The van der Waals surface area contributed by atoms with Crippen molar-refractivity contribution >= 4 is 27.4 Å². The zero-order valence-corrected chi connectivity index (χ0v) is 14.5. The van der Waals surface area contributed by atoms with Crippen molar-refractivity contribution in [3.05, 3.63) is 16.8 Å². The van der Waals surface area contributed by atoms with Gasteiger partial charge in [-0.2, -0.15) is 0 Å². The van der Waals surface area contributed by atoms with Crippen LogP contribution in [0.2, 0.25) is 0 Å². The number of nitrogens with zero attached hydrogens (tertiary/aromatic N) is 2. The van der Waals surface area contributed by atoms with E-state index < -0.39 is 0 Å². The van der Waals surface area contributed by atoms with Gasteiger partial charge in [0.2, 0.25) is 0 Å². The number of hydrogen-bond acceptors (Lipinski definition) is 5. The summed E-state index contributed by atoms with van der Waals surface area (Å²) >= 11 is 1.86. The Kier molecular flexibility index (Phi) is 4.24. The molecule has 0 saturated heterocycles. The Bertz CT molecular complexity index is 691. The molecule has 4 rings (SSSR count). The van der Waals surface area contributed by atoms with E-state index in [1.807, 2.05) is 11.3 Å². The lowest BCUT2D eigenvalue weighted by molar-refractivity contribution is 0.126. The van der Waals surface area contributed by atoms with Crippen molar-refractivity contribution in [2.24, 2.45) is 5.92 Å². The van der Waals surface area contributed by atoms with Gasteiger partial charge < -0.3 is 10.4 Å². The predicted octanol–water partition coefficient (Wildman–Crippen LogP) is 3.92. The van der Waals surface area contributed by atoms with Crippen LogP contribution in [0, 0.1) is 5.92 Å². The first-order valence-electron chi connectivity index (χ1n) is 8.94. The molecule has 5 heteroatoms. The normalized spacial score (nSPS) is 27.8. The fourth-order valence-electron chi connectivity index (χ4n) is 4.05. The Morgan fingerprint density at radius 1 is 1.22 bits per heavy atom. The summed E-state index contributed by atoms with van der Waals surface area (Å²) in [7, 11) is 0. The van der Waals surface area contributed by atoms with Crippen LogP contribution in [0.25, 0.3) is 10.2 Å². The third-order valence-corrected chi connectivity index (χ3v) is 6.72. The second-order valence-corrected chi connectivity index (χ2v) is 8.16. The summed E-state index contributed by atoms with van der Waals surface area (Å²) in [6.45, 7) is 2.30. The number of thiophene rings is 1. The maximum atomic E-state index is 9.69. The molecule has 2 N–H and O–H groups in total. The van der Waals surface area contributed by atoms with Crippen molar-refractivity contribution in [2.45, 2.75) is 70.4 Å². The number of aliphatic hydroxyl groups is 1. The second-order valence-electron chi connectivity index (χ2n) is 7.07. The van der Waals surface area contributed by atoms with E-state index in [-0.39, 0.29) is 6.10 Å². The van der Waals surface area contributed by atoms with E-state index in [2.05, 4.69) is 22.2 Å². The topological polar surface area (TPSA) is 58.0 Å². The molecule has 23 heavy (non-hydrogen) atoms. The first-order valence-corrected chi connectivity index (χ1v) is 9.76. The van der Waals surface area contributed by atoms with Crippen molar-refractivity contribution in [3.8, 4) is 0 Å². The van der Waals surface area contributed by atoms with Crippen LogP contribution in [0.15, 0.2) is 6.33 Å². The summed E-state index contributed by atoms with van der Waals surface area (Å²) < 4.78 is 0. The lowest BCUT2D eigenvalue weighted by Gasteiger charge is -2.27. The molecular formula is C18H25N3OS. The molecule has 1 saturated carbocycles. The fourth-order valence-corrected chi connectivity index (χ4v) is 5.35. The average Bonchev–Trinajstić information content (AvgIpc) is 2.95. The molecule has 0 amide bonds. The Morgan fingerprint density at radius 2 is 2.04 bits per heavy atom. The zero-order valence-electron chi connectivity index (χ0n) is 13.7. The molecule has 2 heterocycles. The minimum Gasteiger partial charge on any atom is -0.393 e. The van der Waals surface area contributed by atoms with Gasteiger partial charge in [0, 0.05) is 10.9 Å². The van der Waals surface area contributed by atoms with Crippen LogP contribution in [-0.4, -0.2) is 27.2 Å². The SMILES string of the molecule is CCC1CCc2c(sc3ncnc(NC4CCC(O)CC4)c23)C1. The number of aliphatic hydroxyl groups excluding tert-OH is 1. The van der Waals surface area contributed by atoms with Gasteiger partial charge in [-0.15, -0.1) is 11.3 Å². The molecular weight excluding hydrogens is 306 g/mol. The van der Waals surface area contributed by atoms with Gasteiger partial charge in [0.15, 0.2) is 0 Å². The van der Waals surface area contributed by atoms with Gasteiger partial charge in [-0.25, -0.2) is 9.97 Å². The van der Waals surface area contributed by atoms with Crippen LogP contribution >= 0.6 is 11.3 Å². The molecule has 1 fully saturated rings. The molecule has 2 aliphatic rings. The number of fused-ring (bicyclic) bond motifs is 3. The lowest BCUT2D eigenvalue weighted by Crippen LogP contribution is -2.28. The van der Waals surface area contributed by atoms with E-state index >= 15 is 0 Å². The van der Waals surface area contributed by atoms with Crippen molar-refractivity contribution in [1.82, 2.24) is 9.97 Å². The van der Waals surface area contributed by atoms with E-state index in [0.29, 0.717) is 6.04 Å². The van der Waals surface area contributed by atoms with Crippen LogP contribution in [0.5, 0.6) is 0 Å². The maximum absolute atomic E-state index is 9.69. The molecule has 124 valence electrons.